The van der Waals surface area contributed by atoms with E-state index in [0.29, 0.717) is 13.1 Å². The average molecular weight is 479 g/mol. The van der Waals surface area contributed by atoms with Crippen molar-refractivity contribution in [1.29, 1.82) is 0 Å². The molecule has 0 saturated carbocycles. The van der Waals surface area contributed by atoms with E-state index in [1.807, 2.05) is 42.2 Å². The zero-order valence-electron chi connectivity index (χ0n) is 19.3. The van der Waals surface area contributed by atoms with E-state index < -0.39 is 0 Å². The van der Waals surface area contributed by atoms with Crippen molar-refractivity contribution < 1.29 is 4.79 Å². The number of urea groups is 1. The number of anilines is 2. The Morgan fingerprint density at radius 2 is 1.52 bits per heavy atom. The summed E-state index contributed by atoms with van der Waals surface area (Å²) in [4.78, 5) is 18.1. The lowest BCUT2D eigenvalue weighted by atomic mass is 10.2. The maximum absolute atomic E-state index is 12.6. The van der Waals surface area contributed by atoms with E-state index in [-0.39, 0.29) is 6.03 Å². The van der Waals surface area contributed by atoms with Crippen molar-refractivity contribution in [2.24, 2.45) is 0 Å². The summed E-state index contributed by atoms with van der Waals surface area (Å²) >= 11 is 3.51. The van der Waals surface area contributed by atoms with Crippen molar-refractivity contribution >= 4 is 41.1 Å². The van der Waals surface area contributed by atoms with Gasteiger partial charge in [0.1, 0.15) is 0 Å². The van der Waals surface area contributed by atoms with Gasteiger partial charge in [0, 0.05) is 52.2 Å². The van der Waals surface area contributed by atoms with Crippen molar-refractivity contribution in [3.05, 3.63) is 77.4 Å². The number of nitrogens with two attached hydrogens (primary N) is 1. The molecule has 0 unspecified atom stereocenters. The minimum atomic E-state index is -0.0429. The number of piperazine rings is 1. The standard InChI is InChI=1S/C26H30N4OS2/c1-18-5-9-22(10-6-18)28-26(31)29-12-14-30(15-13-29)33-25-17-21(27)8-11-23(25)32-24-16-19(2)4-7-20(24)3/h4-11,16-17H,12-15,27H2,1-3H3,(H,28,31). The van der Waals surface area contributed by atoms with Gasteiger partial charge in [-0.2, -0.15) is 0 Å². The van der Waals surface area contributed by atoms with Gasteiger partial charge in [0.05, 0.1) is 0 Å². The van der Waals surface area contributed by atoms with Crippen LogP contribution in [0.2, 0.25) is 0 Å². The van der Waals surface area contributed by atoms with Crippen molar-refractivity contribution in [3.8, 4) is 0 Å². The van der Waals surface area contributed by atoms with Crippen LogP contribution in [0.15, 0.2) is 75.4 Å². The molecule has 1 fully saturated rings. The third-order valence-corrected chi connectivity index (χ3v) is 8.11. The Morgan fingerprint density at radius 3 is 2.24 bits per heavy atom. The van der Waals surface area contributed by atoms with Crippen LogP contribution < -0.4 is 11.1 Å². The predicted octanol–water partition coefficient (Wildman–Crippen LogP) is 6.20. The van der Waals surface area contributed by atoms with Crippen LogP contribution in [0.25, 0.3) is 0 Å². The molecule has 0 atom stereocenters. The maximum atomic E-state index is 12.6. The van der Waals surface area contributed by atoms with E-state index in [9.17, 15) is 4.79 Å². The van der Waals surface area contributed by atoms with E-state index in [1.165, 1.54) is 26.5 Å². The zero-order chi connectivity index (χ0) is 23.4. The lowest BCUT2D eigenvalue weighted by molar-refractivity contribution is 0.188. The van der Waals surface area contributed by atoms with E-state index in [2.05, 4.69) is 53.8 Å². The Morgan fingerprint density at radius 1 is 0.818 bits per heavy atom. The second kappa shape index (κ2) is 10.5. The summed E-state index contributed by atoms with van der Waals surface area (Å²) in [5.74, 6) is 0. The molecule has 3 aromatic rings. The molecule has 4 rings (SSSR count). The first-order chi connectivity index (χ1) is 15.9. The van der Waals surface area contributed by atoms with E-state index in [1.54, 1.807) is 23.7 Å². The molecule has 1 heterocycles. The Bertz CT molecular complexity index is 1130. The molecular formula is C26H30N4OS2. The molecule has 0 radical (unpaired) electrons. The highest BCUT2D eigenvalue weighted by Gasteiger charge is 2.23. The van der Waals surface area contributed by atoms with Gasteiger partial charge in [-0.25, -0.2) is 9.10 Å². The first-order valence-corrected chi connectivity index (χ1v) is 12.7. The van der Waals surface area contributed by atoms with Gasteiger partial charge < -0.3 is 16.0 Å². The number of hydrogen-bond donors (Lipinski definition) is 2. The van der Waals surface area contributed by atoms with Crippen molar-refractivity contribution in [3.63, 3.8) is 0 Å². The molecule has 0 spiro atoms. The van der Waals surface area contributed by atoms with Gasteiger partial charge in [-0.1, -0.05) is 41.6 Å². The highest BCUT2D eigenvalue weighted by molar-refractivity contribution is 8.01. The summed E-state index contributed by atoms with van der Waals surface area (Å²) in [5, 5.41) is 3.00. The number of aryl methyl sites for hydroxylation is 3. The minimum absolute atomic E-state index is 0.0429. The van der Waals surface area contributed by atoms with Gasteiger partial charge in [0.15, 0.2) is 0 Å². The smallest absolute Gasteiger partial charge is 0.321 e. The zero-order valence-corrected chi connectivity index (χ0v) is 20.9. The molecule has 172 valence electrons. The van der Waals surface area contributed by atoms with Crippen LogP contribution in [0, 0.1) is 20.8 Å². The SMILES string of the molecule is Cc1ccc(NC(=O)N2CCN(Sc3cc(N)ccc3Sc3cc(C)ccc3C)CC2)cc1. The number of nitrogens with one attached hydrogen (secondary N) is 1. The molecule has 33 heavy (non-hydrogen) atoms. The second-order valence-corrected chi connectivity index (χ2v) is 10.6. The number of carbonyl (C=O) groups excluding carboxylic acids is 1. The molecule has 0 aromatic heterocycles. The molecule has 1 saturated heterocycles. The fraction of sp³-hybridized carbons (Fsp3) is 0.269. The first-order valence-electron chi connectivity index (χ1n) is 11.1. The predicted molar refractivity (Wildman–Crippen MR) is 140 cm³/mol. The van der Waals surface area contributed by atoms with Crippen LogP contribution >= 0.6 is 23.7 Å². The Hall–Kier alpha value is -2.61. The van der Waals surface area contributed by atoms with Gasteiger partial charge in [0.2, 0.25) is 0 Å². The van der Waals surface area contributed by atoms with Gasteiger partial charge in [-0.15, -0.1) is 0 Å². The van der Waals surface area contributed by atoms with Crippen LogP contribution in [0.1, 0.15) is 16.7 Å². The molecule has 1 aliphatic heterocycles. The highest BCUT2D eigenvalue weighted by Crippen LogP contribution is 2.39. The van der Waals surface area contributed by atoms with E-state index in [0.717, 1.165) is 29.4 Å². The number of nitrogens with zero attached hydrogens (tertiary/aromatic N) is 2. The van der Waals surface area contributed by atoms with Crippen LogP contribution in [0.4, 0.5) is 16.2 Å². The van der Waals surface area contributed by atoms with Crippen LogP contribution in [-0.4, -0.2) is 41.4 Å². The largest absolute Gasteiger partial charge is 0.399 e. The van der Waals surface area contributed by atoms with E-state index >= 15 is 0 Å². The summed E-state index contributed by atoms with van der Waals surface area (Å²) in [7, 11) is 0. The van der Waals surface area contributed by atoms with E-state index in [4.69, 9.17) is 5.73 Å². The normalized spacial score (nSPS) is 14.3. The molecule has 7 heteroatoms. The summed E-state index contributed by atoms with van der Waals surface area (Å²) in [6, 6.07) is 20.5. The van der Waals surface area contributed by atoms with Crippen molar-refractivity contribution in [1.82, 2.24) is 9.21 Å². The molecule has 5 nitrogen and oxygen atoms in total. The van der Waals surface area contributed by atoms with Crippen LogP contribution in [0.5, 0.6) is 0 Å². The first kappa shape index (κ1) is 23.5. The topological polar surface area (TPSA) is 61.6 Å². The number of carbonyl (C=O) groups is 1. The molecular weight excluding hydrogens is 448 g/mol. The molecule has 1 aliphatic rings. The molecule has 3 N–H and O–H groups in total. The summed E-state index contributed by atoms with van der Waals surface area (Å²) in [6.07, 6.45) is 0. The van der Waals surface area contributed by atoms with Gasteiger partial charge in [-0.3, -0.25) is 0 Å². The Kier molecular flexibility index (Phi) is 7.53. The molecule has 0 aliphatic carbocycles. The van der Waals surface area contributed by atoms with Crippen LogP contribution in [0.3, 0.4) is 0 Å². The molecule has 2 amide bonds. The summed E-state index contributed by atoms with van der Waals surface area (Å²) in [6.45, 7) is 9.28. The van der Waals surface area contributed by atoms with Gasteiger partial charge >= 0.3 is 6.03 Å². The monoisotopic (exact) mass is 478 g/mol. The molecule has 0 bridgehead atoms. The fourth-order valence-electron chi connectivity index (χ4n) is 3.58. The minimum Gasteiger partial charge on any atom is -0.399 e. The van der Waals surface area contributed by atoms with Gasteiger partial charge in [-0.05, 0) is 80.2 Å². The van der Waals surface area contributed by atoms with Crippen molar-refractivity contribution in [2.45, 2.75) is 35.5 Å². The molecule has 3 aromatic carbocycles. The lowest BCUT2D eigenvalue weighted by Crippen LogP contribution is -2.47. The van der Waals surface area contributed by atoms with Crippen LogP contribution in [-0.2, 0) is 0 Å². The Balaban J connectivity index is 1.38. The lowest BCUT2D eigenvalue weighted by Gasteiger charge is -2.34. The second-order valence-electron chi connectivity index (χ2n) is 8.38. The van der Waals surface area contributed by atoms with Crippen molar-refractivity contribution in [2.75, 3.05) is 37.2 Å². The number of nitrogen functional groups attached to an aromatic ring is 1. The number of hydrogen-bond acceptors (Lipinski definition) is 5. The number of benzene rings is 3. The summed E-state index contributed by atoms with van der Waals surface area (Å²) < 4.78 is 2.32. The van der Waals surface area contributed by atoms with Gasteiger partial charge in [0.25, 0.3) is 0 Å². The average Bonchev–Trinajstić information content (AvgIpc) is 2.80. The third-order valence-electron chi connectivity index (χ3n) is 5.59. The third kappa shape index (κ3) is 6.25. The fourth-order valence-corrected chi connectivity index (χ4v) is 5.79. The maximum Gasteiger partial charge on any atom is 0.321 e. The number of amides is 2. The number of rotatable bonds is 5. The highest BCUT2D eigenvalue weighted by atomic mass is 32.2. The Labute approximate surface area is 204 Å². The quantitative estimate of drug-likeness (QED) is 0.338. The summed E-state index contributed by atoms with van der Waals surface area (Å²) in [5.41, 5.74) is 11.4.